The van der Waals surface area contributed by atoms with Crippen molar-refractivity contribution in [3.63, 3.8) is 0 Å². The molecule has 1 aromatic rings. The van der Waals surface area contributed by atoms with Crippen molar-refractivity contribution in [1.29, 1.82) is 0 Å². The van der Waals surface area contributed by atoms with Crippen molar-refractivity contribution in [2.75, 3.05) is 26.2 Å². The highest BCUT2D eigenvalue weighted by Crippen LogP contribution is 2.37. The second-order valence-electron chi connectivity index (χ2n) is 7.34. The Balaban J connectivity index is 1.72. The number of likely N-dealkylation sites (tertiary alicyclic amines) is 2. The summed E-state index contributed by atoms with van der Waals surface area (Å²) in [5.41, 5.74) is 2.34. The molecule has 0 saturated carbocycles. The Morgan fingerprint density at radius 3 is 2.58 bits per heavy atom. The number of rotatable bonds is 5. The first-order valence-corrected chi connectivity index (χ1v) is 9.43. The highest BCUT2D eigenvalue weighted by atomic mass is 16.2. The van der Waals surface area contributed by atoms with Gasteiger partial charge in [-0.3, -0.25) is 9.69 Å². The number of carbonyl (C=O) groups excluding carboxylic acids is 1. The van der Waals surface area contributed by atoms with Crippen molar-refractivity contribution in [1.82, 2.24) is 9.80 Å². The van der Waals surface area contributed by atoms with Crippen LogP contribution in [0.1, 0.15) is 54.9 Å². The fourth-order valence-electron chi connectivity index (χ4n) is 4.47. The van der Waals surface area contributed by atoms with E-state index in [9.17, 15) is 4.79 Å². The van der Waals surface area contributed by atoms with Crippen LogP contribution in [0.5, 0.6) is 0 Å². The normalized spacial score (nSPS) is 24.5. The summed E-state index contributed by atoms with van der Waals surface area (Å²) in [6.45, 7) is 9.92. The molecule has 2 heterocycles. The van der Waals surface area contributed by atoms with Gasteiger partial charge in [-0.05, 0) is 56.3 Å². The molecule has 3 nitrogen and oxygen atoms in total. The van der Waals surface area contributed by atoms with Crippen LogP contribution in [0.15, 0.2) is 36.9 Å². The molecule has 24 heavy (non-hydrogen) atoms. The Kier molecular flexibility index (Phi) is 5.40. The molecule has 0 bridgehead atoms. The van der Waals surface area contributed by atoms with Crippen molar-refractivity contribution < 1.29 is 4.79 Å². The molecule has 1 spiro atoms. The second-order valence-corrected chi connectivity index (χ2v) is 7.34. The Bertz CT molecular complexity index is 580. The zero-order valence-corrected chi connectivity index (χ0v) is 15.0. The van der Waals surface area contributed by atoms with Crippen LogP contribution in [0.25, 0.3) is 0 Å². The van der Waals surface area contributed by atoms with Gasteiger partial charge in [-0.15, -0.1) is 6.58 Å². The van der Waals surface area contributed by atoms with Crippen molar-refractivity contribution in [3.05, 3.63) is 48.0 Å². The van der Waals surface area contributed by atoms with E-state index in [1.54, 1.807) is 0 Å². The van der Waals surface area contributed by atoms with E-state index < -0.39 is 0 Å². The van der Waals surface area contributed by atoms with Crippen molar-refractivity contribution >= 4 is 5.91 Å². The predicted molar refractivity (Wildman–Crippen MR) is 99.3 cm³/mol. The van der Waals surface area contributed by atoms with Gasteiger partial charge < -0.3 is 4.90 Å². The summed E-state index contributed by atoms with van der Waals surface area (Å²) in [5, 5.41) is 0. The number of hydrogen-bond acceptors (Lipinski definition) is 2. The number of amides is 1. The SMILES string of the molecule is C=CCN1CCC[C@@]12CCCN(C(=O)c1ccc(CCC)cc1)C2. The lowest BCUT2D eigenvalue weighted by molar-refractivity contribution is 0.0367. The van der Waals surface area contributed by atoms with Gasteiger partial charge in [0.2, 0.25) is 0 Å². The fraction of sp³-hybridized carbons (Fsp3) is 0.571. The molecule has 0 unspecified atom stereocenters. The van der Waals surface area contributed by atoms with Gasteiger partial charge in [-0.2, -0.15) is 0 Å². The van der Waals surface area contributed by atoms with Gasteiger partial charge in [0.25, 0.3) is 5.91 Å². The summed E-state index contributed by atoms with van der Waals surface area (Å²) in [6.07, 6.45) is 8.98. The van der Waals surface area contributed by atoms with E-state index in [0.717, 1.165) is 51.0 Å². The minimum absolute atomic E-state index is 0.185. The molecule has 2 aliphatic rings. The molecule has 2 fully saturated rings. The second kappa shape index (κ2) is 7.52. The van der Waals surface area contributed by atoms with Crippen LogP contribution in [0.3, 0.4) is 0 Å². The van der Waals surface area contributed by atoms with Crippen molar-refractivity contribution in [2.45, 2.75) is 51.0 Å². The molecule has 130 valence electrons. The van der Waals surface area contributed by atoms with Gasteiger partial charge in [-0.25, -0.2) is 0 Å². The van der Waals surface area contributed by atoms with Gasteiger partial charge in [0.15, 0.2) is 0 Å². The minimum atomic E-state index is 0.185. The van der Waals surface area contributed by atoms with E-state index in [2.05, 4.69) is 35.4 Å². The van der Waals surface area contributed by atoms with Gasteiger partial charge in [0.05, 0.1) is 0 Å². The molecule has 0 aromatic heterocycles. The average molecular weight is 326 g/mol. The van der Waals surface area contributed by atoms with Gasteiger partial charge in [-0.1, -0.05) is 31.6 Å². The summed E-state index contributed by atoms with van der Waals surface area (Å²) in [5.74, 6) is 0.197. The van der Waals surface area contributed by atoms with Crippen LogP contribution in [0.2, 0.25) is 0 Å². The first-order chi connectivity index (χ1) is 11.7. The monoisotopic (exact) mass is 326 g/mol. The first-order valence-electron chi connectivity index (χ1n) is 9.43. The van der Waals surface area contributed by atoms with Gasteiger partial charge in [0, 0.05) is 30.7 Å². The number of nitrogens with zero attached hydrogens (tertiary/aromatic N) is 2. The summed E-state index contributed by atoms with van der Waals surface area (Å²) >= 11 is 0. The molecule has 1 atom stereocenters. The van der Waals surface area contributed by atoms with Crippen LogP contribution in [0, 0.1) is 0 Å². The highest BCUT2D eigenvalue weighted by Gasteiger charge is 2.44. The predicted octanol–water partition coefficient (Wildman–Crippen LogP) is 3.90. The molecular formula is C21H30N2O. The molecule has 0 N–H and O–H groups in total. The largest absolute Gasteiger partial charge is 0.337 e. The molecule has 0 radical (unpaired) electrons. The van der Waals surface area contributed by atoms with Crippen LogP contribution in [-0.4, -0.2) is 47.4 Å². The molecular weight excluding hydrogens is 296 g/mol. The zero-order chi connectivity index (χ0) is 17.0. The number of carbonyl (C=O) groups is 1. The number of benzene rings is 1. The van der Waals surface area contributed by atoms with E-state index >= 15 is 0 Å². The third kappa shape index (κ3) is 3.41. The molecule has 2 saturated heterocycles. The van der Waals surface area contributed by atoms with Crippen LogP contribution in [-0.2, 0) is 6.42 Å². The standard InChI is InChI=1S/C21H30N2O/c1-3-7-18-8-10-19(11-9-18)20(24)22-15-5-12-21(17-22)13-6-16-23(21)14-4-2/h4,8-11H,2-3,5-7,12-17H2,1H3/t21-/m1/s1. The number of piperidine rings is 1. The number of aryl methyl sites for hydroxylation is 1. The van der Waals surface area contributed by atoms with Gasteiger partial charge >= 0.3 is 0 Å². The molecule has 1 amide bonds. The fourth-order valence-corrected chi connectivity index (χ4v) is 4.47. The summed E-state index contributed by atoms with van der Waals surface area (Å²) < 4.78 is 0. The average Bonchev–Trinajstić information content (AvgIpc) is 2.97. The van der Waals surface area contributed by atoms with Gasteiger partial charge in [0.1, 0.15) is 0 Å². The molecule has 3 rings (SSSR count). The van der Waals surface area contributed by atoms with Crippen molar-refractivity contribution in [3.8, 4) is 0 Å². The Morgan fingerprint density at radius 1 is 1.21 bits per heavy atom. The molecule has 2 aliphatic heterocycles. The maximum absolute atomic E-state index is 13.0. The molecule has 1 aromatic carbocycles. The first kappa shape index (κ1) is 17.2. The maximum atomic E-state index is 13.0. The molecule has 3 heteroatoms. The Morgan fingerprint density at radius 2 is 1.92 bits per heavy atom. The van der Waals surface area contributed by atoms with E-state index in [0.29, 0.717) is 0 Å². The zero-order valence-electron chi connectivity index (χ0n) is 15.0. The van der Waals surface area contributed by atoms with E-state index in [-0.39, 0.29) is 11.4 Å². The lowest BCUT2D eigenvalue weighted by Crippen LogP contribution is -2.56. The summed E-state index contributed by atoms with van der Waals surface area (Å²) in [7, 11) is 0. The topological polar surface area (TPSA) is 23.6 Å². The Labute approximate surface area is 146 Å². The third-order valence-corrected chi connectivity index (χ3v) is 5.67. The van der Waals surface area contributed by atoms with Crippen LogP contribution < -0.4 is 0 Å². The highest BCUT2D eigenvalue weighted by molar-refractivity contribution is 5.94. The minimum Gasteiger partial charge on any atom is -0.337 e. The summed E-state index contributed by atoms with van der Waals surface area (Å²) in [6, 6.07) is 8.22. The lowest BCUT2D eigenvalue weighted by atomic mass is 9.86. The lowest BCUT2D eigenvalue weighted by Gasteiger charge is -2.45. The third-order valence-electron chi connectivity index (χ3n) is 5.67. The van der Waals surface area contributed by atoms with Crippen LogP contribution in [0.4, 0.5) is 0 Å². The van der Waals surface area contributed by atoms with E-state index in [1.807, 2.05) is 18.2 Å². The van der Waals surface area contributed by atoms with E-state index in [4.69, 9.17) is 0 Å². The maximum Gasteiger partial charge on any atom is 0.253 e. The molecule has 0 aliphatic carbocycles. The summed E-state index contributed by atoms with van der Waals surface area (Å²) in [4.78, 5) is 17.6. The van der Waals surface area contributed by atoms with Crippen LogP contribution >= 0.6 is 0 Å². The van der Waals surface area contributed by atoms with Crippen molar-refractivity contribution in [2.24, 2.45) is 0 Å². The smallest absolute Gasteiger partial charge is 0.253 e. The van der Waals surface area contributed by atoms with E-state index in [1.165, 1.54) is 24.8 Å². The number of hydrogen-bond donors (Lipinski definition) is 0. The quantitative estimate of drug-likeness (QED) is 0.766. The Hall–Kier alpha value is -1.61.